The summed E-state index contributed by atoms with van der Waals surface area (Å²) in [6.07, 6.45) is 1.30. The molecule has 3 aromatic rings. The molecule has 166 valence electrons. The molecule has 0 aromatic heterocycles. The minimum Gasteiger partial charge on any atom is -0.506 e. The van der Waals surface area contributed by atoms with Gasteiger partial charge in [-0.1, -0.05) is 41.4 Å². The molecule has 1 aliphatic rings. The molecule has 3 aromatic carbocycles. The van der Waals surface area contributed by atoms with E-state index in [9.17, 15) is 19.5 Å². The number of phenols is 1. The molecule has 4 rings (SSSR count). The van der Waals surface area contributed by atoms with Gasteiger partial charge in [0, 0.05) is 5.02 Å². The van der Waals surface area contributed by atoms with Crippen LogP contribution in [0.2, 0.25) is 10.0 Å². The summed E-state index contributed by atoms with van der Waals surface area (Å²) in [5, 5.41) is 12.4. The van der Waals surface area contributed by atoms with Gasteiger partial charge >= 0.3 is 6.03 Å². The molecule has 0 radical (unpaired) electrons. The lowest BCUT2D eigenvalue weighted by atomic mass is 10.1. The van der Waals surface area contributed by atoms with Crippen LogP contribution in [-0.4, -0.2) is 23.0 Å². The van der Waals surface area contributed by atoms with Crippen molar-refractivity contribution in [3.63, 3.8) is 0 Å². The van der Waals surface area contributed by atoms with Crippen LogP contribution in [0.15, 0.2) is 72.3 Å². The van der Waals surface area contributed by atoms with Crippen LogP contribution in [0.3, 0.4) is 0 Å². The van der Waals surface area contributed by atoms with Crippen molar-refractivity contribution in [2.24, 2.45) is 0 Å². The van der Waals surface area contributed by atoms with Gasteiger partial charge in [-0.05, 0) is 65.7 Å². The standard InChI is InChI=1S/C24H16Cl2N2O5/c25-16-4-1-14(2-5-16)13-33-18-8-6-17(7-9-18)28-23(31)19(22(30)27-24(28)32)11-15-3-10-21(29)20(26)12-15/h1-12,29H,13H2,(H,27,30,32). The number of halogens is 2. The zero-order valence-corrected chi connectivity index (χ0v) is 18.4. The molecule has 0 saturated carbocycles. The maximum absolute atomic E-state index is 13.0. The average Bonchev–Trinajstić information content (AvgIpc) is 2.79. The van der Waals surface area contributed by atoms with Gasteiger partial charge in [0.25, 0.3) is 11.8 Å². The van der Waals surface area contributed by atoms with E-state index in [0.29, 0.717) is 22.9 Å². The van der Waals surface area contributed by atoms with Gasteiger partial charge in [-0.15, -0.1) is 0 Å². The number of aromatic hydroxyl groups is 1. The molecule has 1 saturated heterocycles. The number of ether oxygens (including phenoxy) is 1. The third-order valence-corrected chi connectivity index (χ3v) is 5.35. The van der Waals surface area contributed by atoms with Crippen molar-refractivity contribution in [2.75, 3.05) is 4.90 Å². The lowest BCUT2D eigenvalue weighted by Gasteiger charge is -2.26. The molecule has 7 nitrogen and oxygen atoms in total. The number of carbonyl (C=O) groups is 3. The average molecular weight is 483 g/mol. The number of phenolic OH excluding ortho intramolecular Hbond substituents is 1. The van der Waals surface area contributed by atoms with Crippen molar-refractivity contribution in [2.45, 2.75) is 6.61 Å². The SMILES string of the molecule is O=C1NC(=O)N(c2ccc(OCc3ccc(Cl)cc3)cc2)C(=O)C1=Cc1ccc(O)c(Cl)c1. The van der Waals surface area contributed by atoms with Crippen molar-refractivity contribution >= 4 is 52.8 Å². The second-order valence-electron chi connectivity index (χ2n) is 7.08. The molecule has 4 amide bonds. The van der Waals surface area contributed by atoms with Crippen molar-refractivity contribution < 1.29 is 24.2 Å². The van der Waals surface area contributed by atoms with Crippen LogP contribution in [0.5, 0.6) is 11.5 Å². The van der Waals surface area contributed by atoms with E-state index in [1.807, 2.05) is 12.1 Å². The molecule has 9 heteroatoms. The van der Waals surface area contributed by atoms with E-state index in [2.05, 4.69) is 5.32 Å². The number of imide groups is 2. The highest BCUT2D eigenvalue weighted by Crippen LogP contribution is 2.27. The van der Waals surface area contributed by atoms with E-state index >= 15 is 0 Å². The van der Waals surface area contributed by atoms with E-state index in [1.54, 1.807) is 36.4 Å². The molecule has 2 N–H and O–H groups in total. The summed E-state index contributed by atoms with van der Waals surface area (Å²) in [7, 11) is 0. The van der Waals surface area contributed by atoms with Crippen LogP contribution in [0, 0.1) is 0 Å². The Hall–Kier alpha value is -3.81. The summed E-state index contributed by atoms with van der Waals surface area (Å²) in [5.41, 5.74) is 1.35. The Labute approximate surface area is 198 Å². The van der Waals surface area contributed by atoms with Gasteiger partial charge in [0.2, 0.25) is 0 Å². The number of carbonyl (C=O) groups excluding carboxylic acids is 3. The van der Waals surface area contributed by atoms with Crippen LogP contribution in [0.1, 0.15) is 11.1 Å². The fourth-order valence-corrected chi connectivity index (χ4v) is 3.43. The van der Waals surface area contributed by atoms with Gasteiger partial charge < -0.3 is 9.84 Å². The monoisotopic (exact) mass is 482 g/mol. The number of hydrogen-bond acceptors (Lipinski definition) is 5. The molecule has 0 aliphatic carbocycles. The van der Waals surface area contributed by atoms with Crippen molar-refractivity contribution in [1.82, 2.24) is 5.32 Å². The Morgan fingerprint density at radius 1 is 0.939 bits per heavy atom. The van der Waals surface area contributed by atoms with E-state index in [-0.39, 0.29) is 22.0 Å². The molecule has 0 atom stereocenters. The number of nitrogens with one attached hydrogen (secondary N) is 1. The minimum atomic E-state index is -0.860. The quantitative estimate of drug-likeness (QED) is 0.396. The minimum absolute atomic E-state index is 0.0649. The summed E-state index contributed by atoms with van der Waals surface area (Å²) < 4.78 is 5.72. The fourth-order valence-electron chi connectivity index (χ4n) is 3.11. The molecular weight excluding hydrogens is 467 g/mol. The maximum Gasteiger partial charge on any atom is 0.335 e. The molecule has 0 spiro atoms. The van der Waals surface area contributed by atoms with Crippen LogP contribution in [0.25, 0.3) is 6.08 Å². The lowest BCUT2D eigenvalue weighted by Crippen LogP contribution is -2.54. The number of nitrogens with zero attached hydrogens (tertiary/aromatic N) is 1. The highest BCUT2D eigenvalue weighted by molar-refractivity contribution is 6.39. The largest absolute Gasteiger partial charge is 0.506 e. The number of rotatable bonds is 5. The fraction of sp³-hybridized carbons (Fsp3) is 0.0417. The lowest BCUT2D eigenvalue weighted by molar-refractivity contribution is -0.122. The number of barbiturate groups is 1. The van der Waals surface area contributed by atoms with Crippen molar-refractivity contribution in [3.8, 4) is 11.5 Å². The van der Waals surface area contributed by atoms with Crippen LogP contribution >= 0.6 is 23.2 Å². The molecular formula is C24H16Cl2N2O5. The number of anilines is 1. The number of hydrogen-bond donors (Lipinski definition) is 2. The first-order chi connectivity index (χ1) is 15.8. The molecule has 33 heavy (non-hydrogen) atoms. The molecule has 1 heterocycles. The Morgan fingerprint density at radius 2 is 1.64 bits per heavy atom. The van der Waals surface area contributed by atoms with Crippen LogP contribution in [-0.2, 0) is 16.2 Å². The van der Waals surface area contributed by atoms with Gasteiger partial charge in [0.15, 0.2) is 0 Å². The van der Waals surface area contributed by atoms with E-state index in [1.165, 1.54) is 24.3 Å². The third-order valence-electron chi connectivity index (χ3n) is 4.80. The predicted molar refractivity (Wildman–Crippen MR) is 124 cm³/mol. The third kappa shape index (κ3) is 5.00. The number of benzene rings is 3. The number of urea groups is 1. The van der Waals surface area contributed by atoms with Gasteiger partial charge in [0.05, 0.1) is 10.7 Å². The summed E-state index contributed by atoms with van der Waals surface area (Å²) in [4.78, 5) is 38.5. The predicted octanol–water partition coefficient (Wildman–Crippen LogP) is 4.94. The van der Waals surface area contributed by atoms with E-state index in [4.69, 9.17) is 27.9 Å². The van der Waals surface area contributed by atoms with E-state index < -0.39 is 17.8 Å². The normalized spacial score (nSPS) is 15.0. The van der Waals surface area contributed by atoms with Gasteiger partial charge in [-0.2, -0.15) is 0 Å². The summed E-state index contributed by atoms with van der Waals surface area (Å²) in [6.45, 7) is 0.316. The maximum atomic E-state index is 13.0. The summed E-state index contributed by atoms with van der Waals surface area (Å²) in [6, 6.07) is 16.9. The zero-order valence-electron chi connectivity index (χ0n) is 16.9. The summed E-state index contributed by atoms with van der Waals surface area (Å²) >= 11 is 11.8. The zero-order chi connectivity index (χ0) is 23.5. The molecule has 0 bridgehead atoms. The first kappa shape index (κ1) is 22.4. The second kappa shape index (κ2) is 9.36. The Balaban J connectivity index is 1.53. The topological polar surface area (TPSA) is 95.9 Å². The summed E-state index contributed by atoms with van der Waals surface area (Å²) in [5.74, 6) is -1.21. The van der Waals surface area contributed by atoms with Crippen molar-refractivity contribution in [3.05, 3.63) is 93.5 Å². The molecule has 0 unspecified atom stereocenters. The molecule has 1 aliphatic heterocycles. The second-order valence-corrected chi connectivity index (χ2v) is 7.92. The highest BCUT2D eigenvalue weighted by atomic mass is 35.5. The van der Waals surface area contributed by atoms with Crippen LogP contribution < -0.4 is 15.0 Å². The molecule has 1 fully saturated rings. The van der Waals surface area contributed by atoms with Crippen LogP contribution in [0.4, 0.5) is 10.5 Å². The number of amides is 4. The van der Waals surface area contributed by atoms with E-state index in [0.717, 1.165) is 10.5 Å². The Morgan fingerprint density at radius 3 is 2.30 bits per heavy atom. The Bertz CT molecular complexity index is 1270. The van der Waals surface area contributed by atoms with Gasteiger partial charge in [-0.25, -0.2) is 9.69 Å². The Kier molecular flexibility index (Phi) is 6.35. The first-order valence-corrected chi connectivity index (χ1v) is 10.4. The highest BCUT2D eigenvalue weighted by Gasteiger charge is 2.36. The van der Waals surface area contributed by atoms with Gasteiger partial charge in [0.1, 0.15) is 23.7 Å². The van der Waals surface area contributed by atoms with Crippen molar-refractivity contribution in [1.29, 1.82) is 0 Å². The smallest absolute Gasteiger partial charge is 0.335 e. The first-order valence-electron chi connectivity index (χ1n) is 9.69. The van der Waals surface area contributed by atoms with Gasteiger partial charge in [-0.3, -0.25) is 14.9 Å².